The summed E-state index contributed by atoms with van der Waals surface area (Å²) in [6.45, 7) is 5.09. The van der Waals surface area contributed by atoms with Crippen molar-refractivity contribution >= 4 is 11.7 Å². The zero-order chi connectivity index (χ0) is 19.4. The first kappa shape index (κ1) is 19.0. The predicted octanol–water partition coefficient (Wildman–Crippen LogP) is 3.63. The molecule has 4 rings (SSSR count). The summed E-state index contributed by atoms with van der Waals surface area (Å²) in [5, 5.41) is 6.12. The van der Waals surface area contributed by atoms with Gasteiger partial charge in [0.05, 0.1) is 6.26 Å². The van der Waals surface area contributed by atoms with Crippen LogP contribution in [-0.4, -0.2) is 61.1 Å². The van der Waals surface area contributed by atoms with Crippen LogP contribution in [0.2, 0.25) is 0 Å². The number of rotatable bonds is 5. The fourth-order valence-corrected chi connectivity index (χ4v) is 4.53. The fourth-order valence-electron chi connectivity index (χ4n) is 4.53. The van der Waals surface area contributed by atoms with E-state index in [-0.39, 0.29) is 11.6 Å². The fraction of sp³-hybridized carbons (Fsp3) is 0.500. The Morgan fingerprint density at radius 1 is 1.11 bits per heavy atom. The molecule has 2 aliphatic rings. The van der Waals surface area contributed by atoms with Gasteiger partial charge in [0.1, 0.15) is 5.76 Å². The third-order valence-electron chi connectivity index (χ3n) is 6.21. The second-order valence-electron chi connectivity index (χ2n) is 8.09. The maximum atomic E-state index is 12.6. The van der Waals surface area contributed by atoms with E-state index in [2.05, 4.69) is 27.5 Å². The molecule has 0 unspecified atom stereocenters. The SMILES string of the molecule is CN1CCN(C2(CNC(=O)Nc3cccc(-c4ccco4)c3)CCCC2)CC1. The Bertz CT molecular complexity index is 776. The Hall–Kier alpha value is -2.31. The van der Waals surface area contributed by atoms with Gasteiger partial charge in [-0.15, -0.1) is 0 Å². The van der Waals surface area contributed by atoms with Crippen molar-refractivity contribution in [3.8, 4) is 11.3 Å². The van der Waals surface area contributed by atoms with Crippen LogP contribution in [0.1, 0.15) is 25.7 Å². The summed E-state index contributed by atoms with van der Waals surface area (Å²) in [7, 11) is 2.18. The largest absolute Gasteiger partial charge is 0.464 e. The third kappa shape index (κ3) is 4.23. The molecule has 1 aliphatic heterocycles. The topological polar surface area (TPSA) is 60.8 Å². The minimum atomic E-state index is -0.142. The second-order valence-corrected chi connectivity index (χ2v) is 8.09. The van der Waals surface area contributed by atoms with Crippen molar-refractivity contribution in [1.82, 2.24) is 15.1 Å². The average Bonchev–Trinajstić information content (AvgIpc) is 3.40. The summed E-state index contributed by atoms with van der Waals surface area (Å²) >= 11 is 0. The first-order valence-corrected chi connectivity index (χ1v) is 10.3. The number of amides is 2. The van der Waals surface area contributed by atoms with Gasteiger partial charge < -0.3 is 20.0 Å². The summed E-state index contributed by atoms with van der Waals surface area (Å²) in [6, 6.07) is 11.4. The van der Waals surface area contributed by atoms with Crippen LogP contribution in [0.3, 0.4) is 0 Å². The van der Waals surface area contributed by atoms with Gasteiger partial charge >= 0.3 is 6.03 Å². The van der Waals surface area contributed by atoms with Crippen molar-refractivity contribution in [2.24, 2.45) is 0 Å². The average molecular weight is 383 g/mol. The molecule has 1 aromatic carbocycles. The van der Waals surface area contributed by atoms with Crippen LogP contribution in [0, 0.1) is 0 Å². The molecule has 1 saturated carbocycles. The number of nitrogens with zero attached hydrogens (tertiary/aromatic N) is 2. The van der Waals surface area contributed by atoms with E-state index in [1.54, 1.807) is 6.26 Å². The number of benzene rings is 1. The molecular weight excluding hydrogens is 352 g/mol. The van der Waals surface area contributed by atoms with Crippen LogP contribution >= 0.6 is 0 Å². The molecule has 2 N–H and O–H groups in total. The highest BCUT2D eigenvalue weighted by atomic mass is 16.3. The monoisotopic (exact) mass is 382 g/mol. The highest BCUT2D eigenvalue weighted by molar-refractivity contribution is 5.90. The third-order valence-corrected chi connectivity index (χ3v) is 6.21. The molecule has 1 aliphatic carbocycles. The van der Waals surface area contributed by atoms with Crippen LogP contribution in [0.25, 0.3) is 11.3 Å². The molecule has 150 valence electrons. The van der Waals surface area contributed by atoms with E-state index < -0.39 is 0 Å². The van der Waals surface area contributed by atoms with E-state index >= 15 is 0 Å². The van der Waals surface area contributed by atoms with Crippen LogP contribution in [0.15, 0.2) is 47.1 Å². The highest BCUT2D eigenvalue weighted by Crippen LogP contribution is 2.35. The minimum absolute atomic E-state index is 0.120. The molecule has 0 radical (unpaired) electrons. The molecule has 2 heterocycles. The number of likely N-dealkylation sites (N-methyl/N-ethyl adjacent to an activating group) is 1. The van der Waals surface area contributed by atoms with Crippen LogP contribution in [-0.2, 0) is 0 Å². The minimum Gasteiger partial charge on any atom is -0.464 e. The number of carbonyl (C=O) groups is 1. The summed E-state index contributed by atoms with van der Waals surface area (Å²) in [5.41, 5.74) is 1.84. The zero-order valence-electron chi connectivity index (χ0n) is 16.6. The number of anilines is 1. The molecule has 6 heteroatoms. The lowest BCUT2D eigenvalue weighted by atomic mass is 9.94. The quantitative estimate of drug-likeness (QED) is 0.829. The Morgan fingerprint density at radius 2 is 1.89 bits per heavy atom. The molecule has 2 amide bonds. The predicted molar refractivity (Wildman–Crippen MR) is 111 cm³/mol. The van der Waals surface area contributed by atoms with Crippen molar-refractivity contribution in [1.29, 1.82) is 0 Å². The van der Waals surface area contributed by atoms with Gasteiger partial charge in [0.15, 0.2) is 0 Å². The first-order valence-electron chi connectivity index (χ1n) is 10.3. The van der Waals surface area contributed by atoms with Crippen molar-refractivity contribution in [3.63, 3.8) is 0 Å². The highest BCUT2D eigenvalue weighted by Gasteiger charge is 2.40. The van der Waals surface area contributed by atoms with E-state index in [9.17, 15) is 4.79 Å². The van der Waals surface area contributed by atoms with E-state index in [1.807, 2.05) is 36.4 Å². The van der Waals surface area contributed by atoms with Crippen LogP contribution in [0.4, 0.5) is 10.5 Å². The normalized spacial score (nSPS) is 20.2. The molecule has 2 fully saturated rings. The molecule has 6 nitrogen and oxygen atoms in total. The van der Waals surface area contributed by atoms with Crippen molar-refractivity contribution in [2.75, 3.05) is 45.1 Å². The Labute approximate surface area is 166 Å². The van der Waals surface area contributed by atoms with Crippen LogP contribution < -0.4 is 10.6 Å². The number of hydrogen-bond donors (Lipinski definition) is 2. The molecule has 0 atom stereocenters. The number of nitrogens with one attached hydrogen (secondary N) is 2. The van der Waals surface area contributed by atoms with Gasteiger partial charge in [-0.2, -0.15) is 0 Å². The number of carbonyl (C=O) groups excluding carboxylic acids is 1. The Balaban J connectivity index is 1.36. The summed E-state index contributed by atoms with van der Waals surface area (Å²) in [6.07, 6.45) is 6.50. The lowest BCUT2D eigenvalue weighted by Crippen LogP contribution is -2.59. The second kappa shape index (κ2) is 8.37. The van der Waals surface area contributed by atoms with Crippen LogP contribution in [0.5, 0.6) is 0 Å². The molecule has 1 saturated heterocycles. The van der Waals surface area contributed by atoms with Gasteiger partial charge in [-0.3, -0.25) is 4.90 Å². The molecular formula is C22H30N4O2. The smallest absolute Gasteiger partial charge is 0.319 e. The first-order chi connectivity index (χ1) is 13.6. The molecule has 2 aromatic rings. The lowest BCUT2D eigenvalue weighted by molar-refractivity contribution is 0.0446. The van der Waals surface area contributed by atoms with E-state index in [0.717, 1.165) is 43.2 Å². The van der Waals surface area contributed by atoms with Gasteiger partial charge in [-0.1, -0.05) is 25.0 Å². The zero-order valence-corrected chi connectivity index (χ0v) is 16.6. The molecule has 0 spiro atoms. The van der Waals surface area contributed by atoms with E-state index in [1.165, 1.54) is 25.7 Å². The summed E-state index contributed by atoms with van der Waals surface area (Å²) < 4.78 is 5.45. The lowest BCUT2D eigenvalue weighted by Gasteiger charge is -2.45. The van der Waals surface area contributed by atoms with Crippen molar-refractivity contribution in [3.05, 3.63) is 42.7 Å². The Kier molecular flexibility index (Phi) is 5.69. The summed E-state index contributed by atoms with van der Waals surface area (Å²) in [4.78, 5) is 17.6. The van der Waals surface area contributed by atoms with Crippen molar-refractivity contribution < 1.29 is 9.21 Å². The maximum absolute atomic E-state index is 12.6. The standard InChI is InChI=1S/C22H30N4O2/c1-25-11-13-26(14-12-25)22(9-2-3-10-22)17-23-21(27)24-19-7-4-6-18(16-19)20-8-5-15-28-20/h4-8,15-16H,2-3,9-14,17H2,1H3,(H2,23,24,27). The van der Waals surface area contributed by atoms with Gasteiger partial charge in [-0.25, -0.2) is 4.79 Å². The molecule has 1 aromatic heterocycles. The Morgan fingerprint density at radius 3 is 2.61 bits per heavy atom. The van der Waals surface area contributed by atoms with Gasteiger partial charge in [0, 0.05) is 49.5 Å². The van der Waals surface area contributed by atoms with Gasteiger partial charge in [0.2, 0.25) is 0 Å². The summed E-state index contributed by atoms with van der Waals surface area (Å²) in [5.74, 6) is 0.795. The van der Waals surface area contributed by atoms with Crippen molar-refractivity contribution in [2.45, 2.75) is 31.2 Å². The number of piperazine rings is 1. The van der Waals surface area contributed by atoms with Gasteiger partial charge in [0.25, 0.3) is 0 Å². The number of furan rings is 1. The number of hydrogen-bond acceptors (Lipinski definition) is 4. The molecule has 0 bridgehead atoms. The van der Waals surface area contributed by atoms with E-state index in [4.69, 9.17) is 4.42 Å². The number of urea groups is 1. The molecule has 28 heavy (non-hydrogen) atoms. The van der Waals surface area contributed by atoms with E-state index in [0.29, 0.717) is 6.54 Å². The van der Waals surface area contributed by atoms with Gasteiger partial charge in [-0.05, 0) is 44.2 Å². The maximum Gasteiger partial charge on any atom is 0.319 e.